The van der Waals surface area contributed by atoms with Crippen molar-refractivity contribution in [3.05, 3.63) is 0 Å². The van der Waals surface area contributed by atoms with E-state index in [0.717, 1.165) is 38.9 Å². The first-order valence-electron chi connectivity index (χ1n) is 7.98. The molecule has 0 amide bonds. The Hall–Kier alpha value is -0.130. The molecule has 1 saturated heterocycles. The second-order valence-corrected chi connectivity index (χ2v) is 8.83. The number of rotatable bonds is 7. The number of sulfone groups is 1. The minimum absolute atomic E-state index is 0.262. The average Bonchev–Trinajstić information content (AvgIpc) is 2.56. The van der Waals surface area contributed by atoms with Gasteiger partial charge in [-0.05, 0) is 31.2 Å². The highest BCUT2D eigenvalue weighted by molar-refractivity contribution is 7.91. The molecule has 1 rings (SSSR count). The van der Waals surface area contributed by atoms with Crippen molar-refractivity contribution in [2.24, 2.45) is 5.41 Å². The smallest absolute Gasteiger partial charge is 0.151 e. The maximum Gasteiger partial charge on any atom is 0.151 e. The molecule has 5 heteroatoms. The highest BCUT2D eigenvalue weighted by atomic mass is 32.2. The molecular formula is C15H32N2O2S. The summed E-state index contributed by atoms with van der Waals surface area (Å²) in [5.74, 6) is 0.688. The van der Waals surface area contributed by atoms with Gasteiger partial charge in [0.05, 0.1) is 11.5 Å². The van der Waals surface area contributed by atoms with E-state index in [4.69, 9.17) is 0 Å². The lowest BCUT2D eigenvalue weighted by Gasteiger charge is -2.37. The van der Waals surface area contributed by atoms with E-state index in [1.165, 1.54) is 0 Å². The lowest BCUT2D eigenvalue weighted by Crippen LogP contribution is -2.45. The van der Waals surface area contributed by atoms with Gasteiger partial charge in [0, 0.05) is 25.7 Å². The number of nitrogens with zero attached hydrogens (tertiary/aromatic N) is 1. The van der Waals surface area contributed by atoms with Gasteiger partial charge in [0.25, 0.3) is 0 Å². The number of nitrogens with one attached hydrogen (secondary N) is 1. The Morgan fingerprint density at radius 2 is 1.80 bits per heavy atom. The summed E-state index contributed by atoms with van der Waals surface area (Å²) >= 11 is 0. The Bertz CT molecular complexity index is 375. The molecule has 1 fully saturated rings. The molecule has 1 N–H and O–H groups in total. The van der Waals surface area contributed by atoms with Crippen molar-refractivity contribution in [3.8, 4) is 0 Å². The van der Waals surface area contributed by atoms with Crippen molar-refractivity contribution < 1.29 is 8.42 Å². The Kier molecular flexibility index (Phi) is 6.95. The molecule has 1 aliphatic heterocycles. The van der Waals surface area contributed by atoms with Crippen molar-refractivity contribution in [2.45, 2.75) is 53.0 Å². The number of hydrogen-bond acceptors (Lipinski definition) is 4. The Balaban J connectivity index is 2.64. The SMILES string of the molecule is CCC(CC)(CNC(C)C)CN1CCCS(=O)(=O)CC1. The zero-order valence-corrected chi connectivity index (χ0v) is 14.4. The van der Waals surface area contributed by atoms with Crippen LogP contribution in [-0.4, -0.2) is 57.0 Å². The summed E-state index contributed by atoms with van der Waals surface area (Å²) in [5, 5.41) is 3.56. The molecule has 0 aromatic carbocycles. The van der Waals surface area contributed by atoms with Gasteiger partial charge in [-0.1, -0.05) is 27.7 Å². The molecule has 0 atom stereocenters. The normalized spacial score (nSPS) is 21.1. The van der Waals surface area contributed by atoms with E-state index >= 15 is 0 Å². The maximum atomic E-state index is 11.7. The van der Waals surface area contributed by atoms with Gasteiger partial charge in [-0.2, -0.15) is 0 Å². The van der Waals surface area contributed by atoms with E-state index in [1.54, 1.807) is 0 Å². The molecule has 0 saturated carbocycles. The molecule has 0 aliphatic carbocycles. The predicted octanol–water partition coefficient (Wildman–Crippen LogP) is 1.91. The molecule has 0 aromatic rings. The van der Waals surface area contributed by atoms with Gasteiger partial charge in [0.1, 0.15) is 0 Å². The zero-order valence-electron chi connectivity index (χ0n) is 13.6. The lowest BCUT2D eigenvalue weighted by atomic mass is 9.81. The highest BCUT2D eigenvalue weighted by Gasteiger charge is 2.30. The monoisotopic (exact) mass is 304 g/mol. The molecule has 0 unspecified atom stereocenters. The predicted molar refractivity (Wildman–Crippen MR) is 85.9 cm³/mol. The first-order chi connectivity index (χ1) is 9.32. The van der Waals surface area contributed by atoms with Crippen LogP contribution >= 0.6 is 0 Å². The summed E-state index contributed by atoms with van der Waals surface area (Å²) in [6, 6.07) is 0.497. The van der Waals surface area contributed by atoms with Gasteiger partial charge in [0.15, 0.2) is 9.84 Å². The molecule has 1 aliphatic rings. The molecule has 0 bridgehead atoms. The molecule has 1 heterocycles. The fourth-order valence-corrected chi connectivity index (χ4v) is 4.13. The molecule has 0 spiro atoms. The summed E-state index contributed by atoms with van der Waals surface area (Å²) in [5.41, 5.74) is 0.262. The topological polar surface area (TPSA) is 49.4 Å². The highest BCUT2D eigenvalue weighted by Crippen LogP contribution is 2.27. The first-order valence-corrected chi connectivity index (χ1v) is 9.81. The fraction of sp³-hybridized carbons (Fsp3) is 1.00. The molecule has 0 aromatic heterocycles. The lowest BCUT2D eigenvalue weighted by molar-refractivity contribution is 0.138. The summed E-state index contributed by atoms with van der Waals surface area (Å²) in [6.45, 7) is 12.5. The van der Waals surface area contributed by atoms with Gasteiger partial charge < -0.3 is 10.2 Å². The molecular weight excluding hydrogens is 272 g/mol. The minimum Gasteiger partial charge on any atom is -0.314 e. The van der Waals surface area contributed by atoms with E-state index in [2.05, 4.69) is 37.9 Å². The molecule has 4 nitrogen and oxygen atoms in total. The molecule has 20 heavy (non-hydrogen) atoms. The molecule has 120 valence electrons. The fourth-order valence-electron chi connectivity index (χ4n) is 2.82. The summed E-state index contributed by atoms with van der Waals surface area (Å²) < 4.78 is 23.4. The van der Waals surface area contributed by atoms with E-state index < -0.39 is 9.84 Å². The van der Waals surface area contributed by atoms with E-state index in [9.17, 15) is 8.42 Å². The van der Waals surface area contributed by atoms with Crippen LogP contribution in [0.25, 0.3) is 0 Å². The second-order valence-electron chi connectivity index (χ2n) is 6.52. The van der Waals surface area contributed by atoms with Crippen LogP contribution in [0.4, 0.5) is 0 Å². The third kappa shape index (κ3) is 5.70. The summed E-state index contributed by atoms with van der Waals surface area (Å²) in [4.78, 5) is 2.36. The van der Waals surface area contributed by atoms with Crippen molar-refractivity contribution in [2.75, 3.05) is 37.7 Å². The van der Waals surface area contributed by atoms with Crippen LogP contribution in [0.5, 0.6) is 0 Å². The van der Waals surface area contributed by atoms with Crippen LogP contribution in [0, 0.1) is 5.41 Å². The maximum absolute atomic E-state index is 11.7. The van der Waals surface area contributed by atoms with Crippen LogP contribution in [-0.2, 0) is 9.84 Å². The average molecular weight is 305 g/mol. The van der Waals surface area contributed by atoms with Crippen LogP contribution < -0.4 is 5.32 Å². The largest absolute Gasteiger partial charge is 0.314 e. The number of hydrogen-bond donors (Lipinski definition) is 1. The standard InChI is InChI=1S/C15H32N2O2S/c1-5-15(6-2,12-16-14(3)4)13-17-8-7-10-20(18,19)11-9-17/h14,16H,5-13H2,1-4H3. The first kappa shape index (κ1) is 17.9. The van der Waals surface area contributed by atoms with Gasteiger partial charge in [-0.15, -0.1) is 0 Å². The van der Waals surface area contributed by atoms with Crippen LogP contribution in [0.2, 0.25) is 0 Å². The van der Waals surface area contributed by atoms with Crippen molar-refractivity contribution >= 4 is 9.84 Å². The van der Waals surface area contributed by atoms with Crippen LogP contribution in [0.3, 0.4) is 0 Å². The van der Waals surface area contributed by atoms with E-state index in [1.807, 2.05) is 0 Å². The van der Waals surface area contributed by atoms with E-state index in [-0.39, 0.29) is 5.41 Å². The van der Waals surface area contributed by atoms with Crippen LogP contribution in [0.15, 0.2) is 0 Å². The van der Waals surface area contributed by atoms with Crippen LogP contribution in [0.1, 0.15) is 47.0 Å². The third-order valence-electron chi connectivity index (χ3n) is 4.59. The summed E-state index contributed by atoms with van der Waals surface area (Å²) in [6.07, 6.45) is 3.04. The van der Waals surface area contributed by atoms with Crippen molar-refractivity contribution in [3.63, 3.8) is 0 Å². The minimum atomic E-state index is -2.80. The van der Waals surface area contributed by atoms with Gasteiger partial charge in [-0.3, -0.25) is 0 Å². The summed E-state index contributed by atoms with van der Waals surface area (Å²) in [7, 11) is -2.80. The quantitative estimate of drug-likeness (QED) is 0.780. The van der Waals surface area contributed by atoms with Gasteiger partial charge >= 0.3 is 0 Å². The Morgan fingerprint density at radius 1 is 1.15 bits per heavy atom. The zero-order chi connectivity index (χ0) is 15.2. The van der Waals surface area contributed by atoms with Crippen molar-refractivity contribution in [1.82, 2.24) is 10.2 Å². The third-order valence-corrected chi connectivity index (χ3v) is 6.31. The Morgan fingerprint density at radius 3 is 2.35 bits per heavy atom. The van der Waals surface area contributed by atoms with Gasteiger partial charge in [-0.25, -0.2) is 8.42 Å². The van der Waals surface area contributed by atoms with E-state index in [0.29, 0.717) is 24.1 Å². The molecule has 0 radical (unpaired) electrons. The van der Waals surface area contributed by atoms with Crippen molar-refractivity contribution in [1.29, 1.82) is 0 Å². The Labute approximate surface area is 125 Å². The second kappa shape index (κ2) is 7.76. The van der Waals surface area contributed by atoms with Gasteiger partial charge in [0.2, 0.25) is 0 Å².